The standard InChI is InChI=1S/C11H13BrFNO/c12-10-2-1-8(13)7-9(10)11(15)3-5-14-6-4-11/h1-2,7,14-15H,3-6H2. The topological polar surface area (TPSA) is 32.3 Å². The molecule has 0 bridgehead atoms. The average Bonchev–Trinajstić information content (AvgIpc) is 2.23. The summed E-state index contributed by atoms with van der Waals surface area (Å²) in [7, 11) is 0. The van der Waals surface area contributed by atoms with Crippen molar-refractivity contribution < 1.29 is 9.50 Å². The highest BCUT2D eigenvalue weighted by Gasteiger charge is 2.32. The SMILES string of the molecule is OC1(c2cc(F)ccc2Br)CCNCC1. The fourth-order valence-electron chi connectivity index (χ4n) is 1.96. The van der Waals surface area contributed by atoms with Gasteiger partial charge >= 0.3 is 0 Å². The van der Waals surface area contributed by atoms with Gasteiger partial charge in [-0.1, -0.05) is 15.9 Å². The number of hydrogen-bond donors (Lipinski definition) is 2. The van der Waals surface area contributed by atoms with Crippen LogP contribution in [0, 0.1) is 5.82 Å². The summed E-state index contributed by atoms with van der Waals surface area (Å²) in [6.45, 7) is 1.53. The van der Waals surface area contributed by atoms with Crippen LogP contribution in [0.5, 0.6) is 0 Å². The summed E-state index contributed by atoms with van der Waals surface area (Å²) in [5.41, 5.74) is -0.240. The highest BCUT2D eigenvalue weighted by molar-refractivity contribution is 9.10. The second-order valence-corrected chi connectivity index (χ2v) is 4.76. The second kappa shape index (κ2) is 4.20. The Balaban J connectivity index is 2.38. The zero-order valence-electron chi connectivity index (χ0n) is 8.26. The van der Waals surface area contributed by atoms with Crippen molar-refractivity contribution in [1.82, 2.24) is 5.32 Å². The summed E-state index contributed by atoms with van der Waals surface area (Å²) in [6.07, 6.45) is 1.24. The molecule has 2 N–H and O–H groups in total. The number of piperidine rings is 1. The van der Waals surface area contributed by atoms with Crippen LogP contribution >= 0.6 is 15.9 Å². The van der Waals surface area contributed by atoms with E-state index in [2.05, 4.69) is 21.2 Å². The monoisotopic (exact) mass is 273 g/mol. The molecule has 82 valence electrons. The molecule has 1 aliphatic heterocycles. The number of nitrogens with one attached hydrogen (secondary N) is 1. The van der Waals surface area contributed by atoms with Crippen molar-refractivity contribution in [2.24, 2.45) is 0 Å². The van der Waals surface area contributed by atoms with Crippen LogP contribution in [0.3, 0.4) is 0 Å². The van der Waals surface area contributed by atoms with Crippen LogP contribution in [0.1, 0.15) is 18.4 Å². The van der Waals surface area contributed by atoms with Crippen molar-refractivity contribution in [1.29, 1.82) is 0 Å². The predicted octanol–water partition coefficient (Wildman–Crippen LogP) is 2.16. The zero-order valence-corrected chi connectivity index (χ0v) is 9.85. The van der Waals surface area contributed by atoms with Crippen molar-refractivity contribution in [3.8, 4) is 0 Å². The summed E-state index contributed by atoms with van der Waals surface area (Å²) < 4.78 is 13.9. The molecular formula is C11H13BrFNO. The van der Waals surface area contributed by atoms with Gasteiger partial charge in [-0.15, -0.1) is 0 Å². The molecule has 1 aliphatic rings. The van der Waals surface area contributed by atoms with Gasteiger partial charge in [-0.3, -0.25) is 0 Å². The molecule has 1 heterocycles. The lowest BCUT2D eigenvalue weighted by molar-refractivity contribution is 0.00500. The third kappa shape index (κ3) is 2.22. The first-order chi connectivity index (χ1) is 7.12. The molecule has 1 aromatic rings. The molecule has 0 aromatic heterocycles. The molecule has 1 aromatic carbocycles. The Morgan fingerprint density at radius 1 is 1.33 bits per heavy atom. The summed E-state index contributed by atoms with van der Waals surface area (Å²) in [5.74, 6) is -0.305. The normalized spacial score (nSPS) is 20.2. The molecule has 0 radical (unpaired) electrons. The first-order valence-electron chi connectivity index (χ1n) is 5.00. The van der Waals surface area contributed by atoms with Gasteiger partial charge in [0.05, 0.1) is 5.60 Å². The van der Waals surface area contributed by atoms with Gasteiger partial charge < -0.3 is 10.4 Å². The van der Waals surface area contributed by atoms with E-state index in [0.717, 1.165) is 17.6 Å². The molecule has 2 nitrogen and oxygen atoms in total. The Morgan fingerprint density at radius 3 is 2.67 bits per heavy atom. The average molecular weight is 274 g/mol. The van der Waals surface area contributed by atoms with Crippen LogP contribution in [-0.4, -0.2) is 18.2 Å². The molecule has 0 amide bonds. The molecule has 2 rings (SSSR count). The van der Waals surface area contributed by atoms with E-state index in [-0.39, 0.29) is 5.82 Å². The summed E-state index contributed by atoms with van der Waals surface area (Å²) in [6, 6.07) is 4.44. The van der Waals surface area contributed by atoms with Crippen LogP contribution in [-0.2, 0) is 5.60 Å². The predicted molar refractivity (Wildman–Crippen MR) is 60.1 cm³/mol. The number of halogens is 2. The Labute approximate surface area is 96.6 Å². The lowest BCUT2D eigenvalue weighted by Crippen LogP contribution is -2.40. The van der Waals surface area contributed by atoms with E-state index in [0.29, 0.717) is 18.4 Å². The van der Waals surface area contributed by atoms with E-state index in [1.54, 1.807) is 6.07 Å². The molecule has 0 aliphatic carbocycles. The molecule has 1 saturated heterocycles. The third-order valence-electron chi connectivity index (χ3n) is 2.86. The first kappa shape index (κ1) is 11.0. The van der Waals surface area contributed by atoms with Crippen molar-refractivity contribution >= 4 is 15.9 Å². The van der Waals surface area contributed by atoms with E-state index in [1.165, 1.54) is 12.1 Å². The van der Waals surface area contributed by atoms with Gasteiger partial charge in [0.1, 0.15) is 5.82 Å². The Kier molecular flexibility index (Phi) is 3.09. The summed E-state index contributed by atoms with van der Waals surface area (Å²) in [4.78, 5) is 0. The Bertz CT molecular complexity index is 364. The maximum absolute atomic E-state index is 13.1. The van der Waals surface area contributed by atoms with Crippen molar-refractivity contribution in [2.75, 3.05) is 13.1 Å². The van der Waals surface area contributed by atoms with Gasteiger partial charge in [0.25, 0.3) is 0 Å². The van der Waals surface area contributed by atoms with Crippen LogP contribution in [0.2, 0.25) is 0 Å². The van der Waals surface area contributed by atoms with Crippen molar-refractivity contribution in [3.63, 3.8) is 0 Å². The number of benzene rings is 1. The fraction of sp³-hybridized carbons (Fsp3) is 0.455. The van der Waals surface area contributed by atoms with Crippen LogP contribution in [0.25, 0.3) is 0 Å². The van der Waals surface area contributed by atoms with Crippen LogP contribution < -0.4 is 5.32 Å². The maximum atomic E-state index is 13.1. The highest BCUT2D eigenvalue weighted by Crippen LogP contribution is 2.35. The van der Waals surface area contributed by atoms with E-state index < -0.39 is 5.60 Å². The maximum Gasteiger partial charge on any atom is 0.123 e. The molecule has 0 atom stereocenters. The molecule has 15 heavy (non-hydrogen) atoms. The number of aliphatic hydroxyl groups is 1. The minimum Gasteiger partial charge on any atom is -0.385 e. The number of hydrogen-bond acceptors (Lipinski definition) is 2. The molecule has 0 spiro atoms. The highest BCUT2D eigenvalue weighted by atomic mass is 79.9. The van der Waals surface area contributed by atoms with E-state index in [1.807, 2.05) is 0 Å². The van der Waals surface area contributed by atoms with Gasteiger partial charge in [-0.05, 0) is 44.1 Å². The van der Waals surface area contributed by atoms with E-state index in [9.17, 15) is 9.50 Å². The van der Waals surface area contributed by atoms with Gasteiger partial charge in [-0.2, -0.15) is 0 Å². The lowest BCUT2D eigenvalue weighted by Gasteiger charge is -2.33. The van der Waals surface area contributed by atoms with Gasteiger partial charge in [0, 0.05) is 10.0 Å². The van der Waals surface area contributed by atoms with E-state index in [4.69, 9.17) is 0 Å². The van der Waals surface area contributed by atoms with Crippen molar-refractivity contribution in [3.05, 3.63) is 34.1 Å². The Morgan fingerprint density at radius 2 is 2.00 bits per heavy atom. The van der Waals surface area contributed by atoms with Gasteiger partial charge in [-0.25, -0.2) is 4.39 Å². The van der Waals surface area contributed by atoms with E-state index >= 15 is 0 Å². The molecular weight excluding hydrogens is 261 g/mol. The molecule has 0 saturated carbocycles. The van der Waals surface area contributed by atoms with Crippen LogP contribution in [0.15, 0.2) is 22.7 Å². The molecule has 4 heteroatoms. The largest absolute Gasteiger partial charge is 0.385 e. The first-order valence-corrected chi connectivity index (χ1v) is 5.80. The van der Waals surface area contributed by atoms with Crippen LogP contribution in [0.4, 0.5) is 4.39 Å². The van der Waals surface area contributed by atoms with Crippen molar-refractivity contribution in [2.45, 2.75) is 18.4 Å². The third-order valence-corrected chi connectivity index (χ3v) is 3.55. The fourth-order valence-corrected chi connectivity index (χ4v) is 2.58. The molecule has 1 fully saturated rings. The zero-order chi connectivity index (χ0) is 10.9. The summed E-state index contributed by atoms with van der Waals surface area (Å²) in [5, 5.41) is 13.6. The second-order valence-electron chi connectivity index (χ2n) is 3.91. The minimum absolute atomic E-state index is 0.305. The smallest absolute Gasteiger partial charge is 0.123 e. The summed E-state index contributed by atoms with van der Waals surface area (Å²) >= 11 is 3.35. The Hall–Kier alpha value is -0.450. The lowest BCUT2D eigenvalue weighted by atomic mass is 9.85. The van der Waals surface area contributed by atoms with Gasteiger partial charge in [0.15, 0.2) is 0 Å². The minimum atomic E-state index is -0.897. The number of rotatable bonds is 1. The van der Waals surface area contributed by atoms with Gasteiger partial charge in [0.2, 0.25) is 0 Å². The molecule has 0 unspecified atom stereocenters. The quantitative estimate of drug-likeness (QED) is 0.822.